The third-order valence-electron chi connectivity index (χ3n) is 2.40. The summed E-state index contributed by atoms with van der Waals surface area (Å²) in [6.07, 6.45) is 0. The van der Waals surface area contributed by atoms with Gasteiger partial charge >= 0.3 is 0 Å². The van der Waals surface area contributed by atoms with Gasteiger partial charge in [-0.05, 0) is 51.3 Å². The Labute approximate surface area is 125 Å². The van der Waals surface area contributed by atoms with Crippen LogP contribution in [0.15, 0.2) is 51.4 Å². The molecule has 0 fully saturated rings. The van der Waals surface area contributed by atoms with Gasteiger partial charge in [0.05, 0.1) is 9.30 Å². The van der Waals surface area contributed by atoms with Crippen molar-refractivity contribution in [3.05, 3.63) is 68.4 Å². The standard InChI is InChI=1S/C13H8Br3F/c14-10-4-1-8(2-5-10)13(16)9-3-6-11(15)12(17)7-9/h1-7,13H. The van der Waals surface area contributed by atoms with E-state index in [-0.39, 0.29) is 10.6 Å². The van der Waals surface area contributed by atoms with E-state index in [1.807, 2.05) is 30.3 Å². The molecule has 0 radical (unpaired) electrons. The zero-order chi connectivity index (χ0) is 12.4. The lowest BCUT2D eigenvalue weighted by Gasteiger charge is -2.11. The summed E-state index contributed by atoms with van der Waals surface area (Å²) >= 11 is 10.1. The van der Waals surface area contributed by atoms with Crippen molar-refractivity contribution in [1.29, 1.82) is 0 Å². The minimum absolute atomic E-state index is 0.00167. The molecule has 0 bridgehead atoms. The maximum Gasteiger partial charge on any atom is 0.137 e. The van der Waals surface area contributed by atoms with Gasteiger partial charge in [-0.25, -0.2) is 4.39 Å². The fraction of sp³-hybridized carbons (Fsp3) is 0.0769. The molecular formula is C13H8Br3F. The summed E-state index contributed by atoms with van der Waals surface area (Å²) < 4.78 is 15.0. The lowest BCUT2D eigenvalue weighted by Crippen LogP contribution is -1.93. The van der Waals surface area contributed by atoms with Crippen LogP contribution in [0.1, 0.15) is 16.0 Å². The van der Waals surface area contributed by atoms with Gasteiger partial charge in [-0.1, -0.05) is 50.1 Å². The Morgan fingerprint density at radius 3 is 2.06 bits per heavy atom. The maximum atomic E-state index is 13.4. The van der Waals surface area contributed by atoms with E-state index in [1.165, 1.54) is 6.07 Å². The molecule has 0 aliphatic carbocycles. The molecule has 0 aromatic heterocycles. The molecule has 0 spiro atoms. The summed E-state index contributed by atoms with van der Waals surface area (Å²) in [4.78, 5) is -0.00167. The van der Waals surface area contributed by atoms with Crippen LogP contribution in [0.25, 0.3) is 0 Å². The number of benzene rings is 2. The van der Waals surface area contributed by atoms with E-state index in [2.05, 4.69) is 47.8 Å². The molecule has 4 heteroatoms. The number of halogens is 4. The van der Waals surface area contributed by atoms with Crippen molar-refractivity contribution < 1.29 is 4.39 Å². The Bertz CT molecular complexity index is 523. The van der Waals surface area contributed by atoms with Gasteiger partial charge in [-0.3, -0.25) is 0 Å². The summed E-state index contributed by atoms with van der Waals surface area (Å²) in [5, 5.41) is 0. The van der Waals surface area contributed by atoms with Gasteiger partial charge < -0.3 is 0 Å². The molecular weight excluding hydrogens is 415 g/mol. The maximum absolute atomic E-state index is 13.4. The van der Waals surface area contributed by atoms with E-state index in [4.69, 9.17) is 0 Å². The summed E-state index contributed by atoms with van der Waals surface area (Å²) in [5.41, 5.74) is 1.99. The van der Waals surface area contributed by atoms with Gasteiger partial charge in [0.25, 0.3) is 0 Å². The molecule has 0 nitrogen and oxygen atoms in total. The van der Waals surface area contributed by atoms with Crippen LogP contribution in [0.2, 0.25) is 0 Å². The summed E-state index contributed by atoms with van der Waals surface area (Å²) in [6, 6.07) is 13.1. The van der Waals surface area contributed by atoms with Gasteiger partial charge in [-0.15, -0.1) is 0 Å². The third kappa shape index (κ3) is 3.18. The average molecular weight is 423 g/mol. The van der Waals surface area contributed by atoms with E-state index in [0.717, 1.165) is 15.6 Å². The van der Waals surface area contributed by atoms with E-state index < -0.39 is 0 Å². The van der Waals surface area contributed by atoms with Crippen molar-refractivity contribution >= 4 is 47.8 Å². The molecule has 2 aromatic rings. The number of rotatable bonds is 2. The SMILES string of the molecule is Fc1cc(C(Br)c2ccc(Br)cc2)ccc1Br. The van der Waals surface area contributed by atoms with Gasteiger partial charge in [-0.2, -0.15) is 0 Å². The van der Waals surface area contributed by atoms with Gasteiger partial charge in [0, 0.05) is 4.47 Å². The normalized spacial score (nSPS) is 12.5. The lowest BCUT2D eigenvalue weighted by atomic mass is 10.1. The fourth-order valence-electron chi connectivity index (χ4n) is 1.49. The van der Waals surface area contributed by atoms with E-state index in [1.54, 1.807) is 6.07 Å². The Balaban J connectivity index is 2.33. The average Bonchev–Trinajstić information content (AvgIpc) is 2.33. The van der Waals surface area contributed by atoms with E-state index in [9.17, 15) is 4.39 Å². The van der Waals surface area contributed by atoms with Gasteiger partial charge in [0.15, 0.2) is 0 Å². The molecule has 2 rings (SSSR count). The van der Waals surface area contributed by atoms with Crippen LogP contribution in [0.3, 0.4) is 0 Å². The first kappa shape index (κ1) is 13.2. The highest BCUT2D eigenvalue weighted by Crippen LogP contribution is 2.32. The Hall–Kier alpha value is -0.190. The predicted octanol–water partition coefficient (Wildman–Crippen LogP) is 5.84. The first-order valence-electron chi connectivity index (χ1n) is 4.92. The van der Waals surface area contributed by atoms with Crippen LogP contribution in [0.5, 0.6) is 0 Å². The quantitative estimate of drug-likeness (QED) is 0.534. The highest BCUT2D eigenvalue weighted by molar-refractivity contribution is 9.10. The monoisotopic (exact) mass is 420 g/mol. The number of hydrogen-bond donors (Lipinski definition) is 0. The molecule has 88 valence electrons. The first-order chi connectivity index (χ1) is 8.08. The van der Waals surface area contributed by atoms with Crippen LogP contribution < -0.4 is 0 Å². The van der Waals surface area contributed by atoms with Crippen molar-refractivity contribution in [3.63, 3.8) is 0 Å². The van der Waals surface area contributed by atoms with Crippen LogP contribution in [0.4, 0.5) is 4.39 Å². The minimum Gasteiger partial charge on any atom is -0.206 e. The molecule has 1 unspecified atom stereocenters. The van der Waals surface area contributed by atoms with Crippen molar-refractivity contribution in [2.24, 2.45) is 0 Å². The Morgan fingerprint density at radius 2 is 1.47 bits per heavy atom. The summed E-state index contributed by atoms with van der Waals surface area (Å²) in [6.45, 7) is 0. The van der Waals surface area contributed by atoms with Crippen molar-refractivity contribution in [2.45, 2.75) is 4.83 Å². The molecule has 1 atom stereocenters. The molecule has 2 aromatic carbocycles. The largest absolute Gasteiger partial charge is 0.206 e. The Morgan fingerprint density at radius 1 is 0.882 bits per heavy atom. The minimum atomic E-state index is -0.246. The van der Waals surface area contributed by atoms with Crippen molar-refractivity contribution in [1.82, 2.24) is 0 Å². The highest BCUT2D eigenvalue weighted by Gasteiger charge is 2.11. The van der Waals surface area contributed by atoms with Crippen LogP contribution in [-0.2, 0) is 0 Å². The smallest absolute Gasteiger partial charge is 0.137 e. The topological polar surface area (TPSA) is 0 Å². The van der Waals surface area contributed by atoms with Crippen LogP contribution in [-0.4, -0.2) is 0 Å². The molecule has 0 aliphatic heterocycles. The van der Waals surface area contributed by atoms with Gasteiger partial charge in [0.1, 0.15) is 5.82 Å². The molecule has 0 N–H and O–H groups in total. The summed E-state index contributed by atoms with van der Waals surface area (Å²) in [7, 11) is 0. The molecule has 17 heavy (non-hydrogen) atoms. The second-order valence-electron chi connectivity index (χ2n) is 3.59. The van der Waals surface area contributed by atoms with Crippen molar-refractivity contribution in [3.8, 4) is 0 Å². The third-order valence-corrected chi connectivity index (χ3v) is 4.63. The zero-order valence-electron chi connectivity index (χ0n) is 8.63. The van der Waals surface area contributed by atoms with E-state index in [0.29, 0.717) is 4.47 Å². The van der Waals surface area contributed by atoms with E-state index >= 15 is 0 Å². The van der Waals surface area contributed by atoms with Crippen LogP contribution in [0, 0.1) is 5.82 Å². The lowest BCUT2D eigenvalue weighted by molar-refractivity contribution is 0.619. The highest BCUT2D eigenvalue weighted by atomic mass is 79.9. The first-order valence-corrected chi connectivity index (χ1v) is 7.42. The number of hydrogen-bond acceptors (Lipinski definition) is 0. The summed E-state index contributed by atoms with van der Waals surface area (Å²) in [5.74, 6) is -0.246. The molecule has 0 saturated heterocycles. The number of alkyl halides is 1. The molecule has 0 saturated carbocycles. The predicted molar refractivity (Wildman–Crippen MR) is 79.0 cm³/mol. The second-order valence-corrected chi connectivity index (χ2v) is 6.27. The Kier molecular flexibility index (Phi) is 4.39. The van der Waals surface area contributed by atoms with Crippen LogP contribution >= 0.6 is 47.8 Å². The molecule has 0 amide bonds. The fourth-order valence-corrected chi connectivity index (χ4v) is 2.60. The molecule has 0 heterocycles. The zero-order valence-corrected chi connectivity index (χ0v) is 13.4. The second kappa shape index (κ2) is 5.63. The molecule has 0 aliphatic rings. The van der Waals surface area contributed by atoms with Crippen molar-refractivity contribution in [2.75, 3.05) is 0 Å². The van der Waals surface area contributed by atoms with Gasteiger partial charge in [0.2, 0.25) is 0 Å².